The van der Waals surface area contributed by atoms with Gasteiger partial charge in [0.2, 0.25) is 0 Å². The van der Waals surface area contributed by atoms with Crippen molar-refractivity contribution in [1.29, 1.82) is 0 Å². The van der Waals surface area contributed by atoms with Gasteiger partial charge in [0.1, 0.15) is 5.76 Å². The van der Waals surface area contributed by atoms with E-state index in [1.165, 1.54) is 34.8 Å². The van der Waals surface area contributed by atoms with Gasteiger partial charge in [0, 0.05) is 12.6 Å². The number of nitro benzene ring substituents is 1. The maximum atomic E-state index is 12.8. The van der Waals surface area contributed by atoms with Gasteiger partial charge in [-0.25, -0.2) is 8.42 Å². The van der Waals surface area contributed by atoms with Crippen LogP contribution in [0, 0.1) is 10.1 Å². The molecule has 116 valence electrons. The van der Waals surface area contributed by atoms with Crippen LogP contribution in [-0.4, -0.2) is 24.2 Å². The molecule has 22 heavy (non-hydrogen) atoms. The summed E-state index contributed by atoms with van der Waals surface area (Å²) in [5.74, 6) is 0.555. The van der Waals surface area contributed by atoms with Crippen molar-refractivity contribution in [1.82, 2.24) is 4.31 Å². The third-order valence-electron chi connectivity index (χ3n) is 3.72. The van der Waals surface area contributed by atoms with Crippen LogP contribution in [0.1, 0.15) is 24.6 Å². The van der Waals surface area contributed by atoms with E-state index in [1.807, 2.05) is 0 Å². The summed E-state index contributed by atoms with van der Waals surface area (Å²) in [5.41, 5.74) is -0.410. The Morgan fingerprint density at radius 3 is 2.68 bits per heavy atom. The van der Waals surface area contributed by atoms with Gasteiger partial charge in [0.15, 0.2) is 4.90 Å². The van der Waals surface area contributed by atoms with Crippen LogP contribution in [0.2, 0.25) is 0 Å². The van der Waals surface area contributed by atoms with Gasteiger partial charge in [-0.15, -0.1) is 0 Å². The van der Waals surface area contributed by atoms with E-state index in [0.717, 1.165) is 0 Å². The van der Waals surface area contributed by atoms with E-state index in [0.29, 0.717) is 25.1 Å². The number of hydrogen-bond donors (Lipinski definition) is 0. The van der Waals surface area contributed by atoms with E-state index in [1.54, 1.807) is 12.1 Å². The normalized spacial score (nSPS) is 19.4. The van der Waals surface area contributed by atoms with Gasteiger partial charge in [0.25, 0.3) is 15.7 Å². The minimum Gasteiger partial charge on any atom is -0.468 e. The molecule has 1 atom stereocenters. The number of furan rings is 1. The van der Waals surface area contributed by atoms with E-state index < -0.39 is 26.7 Å². The van der Waals surface area contributed by atoms with Crippen molar-refractivity contribution in [2.75, 3.05) is 6.54 Å². The molecule has 1 aromatic carbocycles. The topological polar surface area (TPSA) is 93.7 Å². The molecule has 0 unspecified atom stereocenters. The molecule has 1 fully saturated rings. The van der Waals surface area contributed by atoms with E-state index in [9.17, 15) is 18.5 Å². The summed E-state index contributed by atoms with van der Waals surface area (Å²) in [6.45, 7) is 0.319. The van der Waals surface area contributed by atoms with Crippen molar-refractivity contribution >= 4 is 15.7 Å². The standard InChI is InChI=1S/C14H14N2O5S/c17-16(18)12-5-1-2-8-14(12)22(19,20)15-9-3-6-11(15)13-7-4-10-21-13/h1-2,4-5,7-8,10-11H,3,6,9H2/t11-/m1/s1. The second-order valence-corrected chi connectivity index (χ2v) is 6.87. The minimum atomic E-state index is -3.96. The third kappa shape index (κ3) is 2.40. The number of nitrogens with zero attached hydrogens (tertiary/aromatic N) is 2. The van der Waals surface area contributed by atoms with Crippen LogP contribution in [-0.2, 0) is 10.0 Å². The highest BCUT2D eigenvalue weighted by molar-refractivity contribution is 7.89. The molecular formula is C14H14N2O5S. The minimum absolute atomic E-state index is 0.279. The Morgan fingerprint density at radius 2 is 2.00 bits per heavy atom. The van der Waals surface area contributed by atoms with E-state index in [-0.39, 0.29) is 4.90 Å². The zero-order valence-corrected chi connectivity index (χ0v) is 12.4. The molecule has 1 aromatic heterocycles. The highest BCUT2D eigenvalue weighted by Gasteiger charge is 2.40. The molecule has 7 nitrogen and oxygen atoms in total. The number of hydrogen-bond acceptors (Lipinski definition) is 5. The Morgan fingerprint density at radius 1 is 1.23 bits per heavy atom. The molecular weight excluding hydrogens is 308 g/mol. The largest absolute Gasteiger partial charge is 0.468 e. The van der Waals surface area contributed by atoms with E-state index in [4.69, 9.17) is 4.42 Å². The lowest BCUT2D eigenvalue weighted by atomic mass is 10.2. The number of benzene rings is 1. The average Bonchev–Trinajstić information content (AvgIpc) is 3.18. The first kappa shape index (κ1) is 14.7. The third-order valence-corrected chi connectivity index (χ3v) is 5.68. The molecule has 2 heterocycles. The Bertz CT molecular complexity index is 785. The van der Waals surface area contributed by atoms with Crippen molar-refractivity contribution in [3.8, 4) is 0 Å². The number of nitro groups is 1. The fourth-order valence-corrected chi connectivity index (χ4v) is 4.57. The van der Waals surface area contributed by atoms with Crippen molar-refractivity contribution in [3.05, 3.63) is 58.5 Å². The van der Waals surface area contributed by atoms with Crippen LogP contribution < -0.4 is 0 Å². The second kappa shape index (κ2) is 5.54. The lowest BCUT2D eigenvalue weighted by molar-refractivity contribution is -0.387. The monoisotopic (exact) mass is 322 g/mol. The fourth-order valence-electron chi connectivity index (χ4n) is 2.75. The highest BCUT2D eigenvalue weighted by atomic mass is 32.2. The molecule has 0 spiro atoms. The number of rotatable bonds is 4. The maximum absolute atomic E-state index is 12.8. The molecule has 0 aliphatic carbocycles. The number of para-hydroxylation sites is 1. The van der Waals surface area contributed by atoms with Gasteiger partial charge in [-0.1, -0.05) is 12.1 Å². The molecule has 1 saturated heterocycles. The van der Waals surface area contributed by atoms with Crippen LogP contribution in [0.4, 0.5) is 5.69 Å². The van der Waals surface area contributed by atoms with Crippen LogP contribution in [0.5, 0.6) is 0 Å². The number of sulfonamides is 1. The van der Waals surface area contributed by atoms with E-state index >= 15 is 0 Å². The molecule has 0 saturated carbocycles. The van der Waals surface area contributed by atoms with E-state index in [2.05, 4.69) is 0 Å². The molecule has 0 amide bonds. The first-order chi connectivity index (χ1) is 10.5. The second-order valence-electron chi connectivity index (χ2n) is 5.01. The van der Waals surface area contributed by atoms with Gasteiger partial charge in [-0.3, -0.25) is 10.1 Å². The molecule has 0 bridgehead atoms. The molecule has 3 rings (SSSR count). The highest BCUT2D eigenvalue weighted by Crippen LogP contribution is 2.38. The Hall–Kier alpha value is -2.19. The van der Waals surface area contributed by atoms with Crippen molar-refractivity contribution in [2.45, 2.75) is 23.8 Å². The van der Waals surface area contributed by atoms with Crippen LogP contribution in [0.15, 0.2) is 52.0 Å². The van der Waals surface area contributed by atoms with Crippen molar-refractivity contribution < 1.29 is 17.8 Å². The fraction of sp³-hybridized carbons (Fsp3) is 0.286. The van der Waals surface area contributed by atoms with Gasteiger partial charge >= 0.3 is 0 Å². The molecule has 8 heteroatoms. The Balaban J connectivity index is 2.05. The lowest BCUT2D eigenvalue weighted by Gasteiger charge is -2.22. The summed E-state index contributed by atoms with van der Waals surface area (Å²) >= 11 is 0. The van der Waals surface area contributed by atoms with Gasteiger partial charge in [-0.05, 0) is 31.0 Å². The Kier molecular flexibility index (Phi) is 3.71. The summed E-state index contributed by atoms with van der Waals surface area (Å²) in [7, 11) is -3.96. The SMILES string of the molecule is O=[N+]([O-])c1ccccc1S(=O)(=O)N1CCC[C@@H]1c1ccco1. The lowest BCUT2D eigenvalue weighted by Crippen LogP contribution is -2.31. The summed E-state index contributed by atoms with van der Waals surface area (Å²) < 4.78 is 32.3. The summed E-state index contributed by atoms with van der Waals surface area (Å²) in [6.07, 6.45) is 2.81. The van der Waals surface area contributed by atoms with Crippen molar-refractivity contribution in [2.24, 2.45) is 0 Å². The maximum Gasteiger partial charge on any atom is 0.289 e. The smallest absolute Gasteiger partial charge is 0.289 e. The Labute approximate surface area is 127 Å². The van der Waals surface area contributed by atoms with Crippen LogP contribution in [0.25, 0.3) is 0 Å². The average molecular weight is 322 g/mol. The van der Waals surface area contributed by atoms with Crippen LogP contribution >= 0.6 is 0 Å². The van der Waals surface area contributed by atoms with Gasteiger partial charge in [-0.2, -0.15) is 4.31 Å². The molecule has 2 aromatic rings. The molecule has 0 radical (unpaired) electrons. The molecule has 1 aliphatic heterocycles. The first-order valence-corrected chi connectivity index (χ1v) is 8.24. The zero-order valence-electron chi connectivity index (χ0n) is 11.6. The molecule has 1 aliphatic rings. The summed E-state index contributed by atoms with van der Waals surface area (Å²) in [6, 6.07) is 8.40. The summed E-state index contributed by atoms with van der Waals surface area (Å²) in [5, 5.41) is 11.1. The quantitative estimate of drug-likeness (QED) is 0.637. The van der Waals surface area contributed by atoms with Gasteiger partial charge < -0.3 is 4.42 Å². The van der Waals surface area contributed by atoms with Crippen molar-refractivity contribution in [3.63, 3.8) is 0 Å². The summed E-state index contributed by atoms with van der Waals surface area (Å²) in [4.78, 5) is 10.1. The van der Waals surface area contributed by atoms with Crippen LogP contribution in [0.3, 0.4) is 0 Å². The zero-order chi connectivity index (χ0) is 15.7. The predicted molar refractivity (Wildman–Crippen MR) is 77.7 cm³/mol. The predicted octanol–water partition coefficient (Wildman–Crippen LogP) is 2.71. The molecule has 0 N–H and O–H groups in total. The van der Waals surface area contributed by atoms with Gasteiger partial charge in [0.05, 0.1) is 17.2 Å². The first-order valence-electron chi connectivity index (χ1n) is 6.80.